The summed E-state index contributed by atoms with van der Waals surface area (Å²) in [7, 11) is 4.00. The number of nitro groups is 1. The number of carbonyl (C=O) groups is 2. The van der Waals surface area contributed by atoms with Gasteiger partial charge >= 0.3 is 5.69 Å². The molecule has 1 aromatic rings. The number of amides is 2. The molecule has 0 saturated carbocycles. The molecule has 0 bridgehead atoms. The van der Waals surface area contributed by atoms with Crippen molar-refractivity contribution in [2.45, 2.75) is 32.6 Å². The first kappa shape index (κ1) is 23.6. The summed E-state index contributed by atoms with van der Waals surface area (Å²) in [4.78, 5) is 40.8. The third-order valence-electron chi connectivity index (χ3n) is 6.32. The lowest BCUT2D eigenvalue weighted by atomic mass is 9.92. The van der Waals surface area contributed by atoms with E-state index in [1.165, 1.54) is 27.4 Å². The molecule has 1 unspecified atom stereocenters. The molecule has 1 atom stereocenters. The van der Waals surface area contributed by atoms with E-state index in [2.05, 4.69) is 6.92 Å². The Hall–Kier alpha value is -3.04. The monoisotopic (exact) mass is 449 g/mol. The highest BCUT2D eigenvalue weighted by molar-refractivity contribution is 6.00. The van der Waals surface area contributed by atoms with Gasteiger partial charge in [-0.25, -0.2) is 0 Å². The van der Waals surface area contributed by atoms with Crippen LogP contribution in [0.3, 0.4) is 0 Å². The van der Waals surface area contributed by atoms with Gasteiger partial charge in [-0.2, -0.15) is 0 Å². The van der Waals surface area contributed by atoms with E-state index in [9.17, 15) is 19.7 Å². The van der Waals surface area contributed by atoms with Crippen LogP contribution in [0.15, 0.2) is 6.07 Å². The van der Waals surface area contributed by atoms with E-state index in [1.807, 2.05) is 4.90 Å². The van der Waals surface area contributed by atoms with Crippen molar-refractivity contribution in [3.8, 4) is 17.2 Å². The highest BCUT2D eigenvalue weighted by Gasteiger charge is 2.37. The van der Waals surface area contributed by atoms with Crippen LogP contribution in [-0.4, -0.2) is 74.0 Å². The first-order valence-corrected chi connectivity index (χ1v) is 10.9. The summed E-state index contributed by atoms with van der Waals surface area (Å²) in [5.41, 5.74) is -0.588. The molecule has 2 fully saturated rings. The molecule has 2 aliphatic rings. The van der Waals surface area contributed by atoms with Crippen molar-refractivity contribution >= 4 is 17.5 Å². The minimum atomic E-state index is -0.651. The third kappa shape index (κ3) is 4.58. The fraction of sp³-hybridized carbons (Fsp3) is 0.636. The van der Waals surface area contributed by atoms with Gasteiger partial charge in [-0.1, -0.05) is 6.92 Å². The van der Waals surface area contributed by atoms with E-state index in [-0.39, 0.29) is 34.6 Å². The fourth-order valence-corrected chi connectivity index (χ4v) is 4.63. The van der Waals surface area contributed by atoms with Gasteiger partial charge in [0.1, 0.15) is 5.56 Å². The normalized spacial score (nSPS) is 19.4. The molecule has 0 radical (unpaired) electrons. The highest BCUT2D eigenvalue weighted by atomic mass is 16.6. The number of nitrogens with zero attached hydrogens (tertiary/aromatic N) is 3. The molecule has 176 valence electrons. The molecule has 0 spiro atoms. The zero-order chi connectivity index (χ0) is 23.4. The van der Waals surface area contributed by atoms with Crippen molar-refractivity contribution in [3.05, 3.63) is 21.7 Å². The first-order valence-electron chi connectivity index (χ1n) is 10.9. The predicted octanol–water partition coefficient (Wildman–Crippen LogP) is 2.73. The van der Waals surface area contributed by atoms with Crippen molar-refractivity contribution in [1.82, 2.24) is 9.80 Å². The Morgan fingerprint density at radius 2 is 1.66 bits per heavy atom. The van der Waals surface area contributed by atoms with Gasteiger partial charge in [0.15, 0.2) is 5.75 Å². The number of nitro benzene ring substituents is 1. The second-order valence-electron chi connectivity index (χ2n) is 8.40. The number of methoxy groups -OCH3 is 3. The quantitative estimate of drug-likeness (QED) is 0.485. The van der Waals surface area contributed by atoms with Gasteiger partial charge in [-0.15, -0.1) is 0 Å². The maximum Gasteiger partial charge on any atom is 0.327 e. The van der Waals surface area contributed by atoms with Gasteiger partial charge < -0.3 is 24.0 Å². The Labute approximate surface area is 187 Å². The topological polar surface area (TPSA) is 111 Å². The van der Waals surface area contributed by atoms with E-state index in [0.29, 0.717) is 31.8 Å². The molecule has 2 aliphatic heterocycles. The van der Waals surface area contributed by atoms with Crippen LogP contribution >= 0.6 is 0 Å². The van der Waals surface area contributed by atoms with Gasteiger partial charge in [-0.05, 0) is 31.6 Å². The number of hydrogen-bond donors (Lipinski definition) is 0. The van der Waals surface area contributed by atoms with Crippen molar-refractivity contribution in [3.63, 3.8) is 0 Å². The summed E-state index contributed by atoms with van der Waals surface area (Å²) in [5, 5.41) is 11.8. The molecule has 0 N–H and O–H groups in total. The van der Waals surface area contributed by atoms with E-state index >= 15 is 0 Å². The predicted molar refractivity (Wildman–Crippen MR) is 116 cm³/mol. The zero-order valence-corrected chi connectivity index (χ0v) is 19.1. The molecule has 32 heavy (non-hydrogen) atoms. The Morgan fingerprint density at radius 1 is 1.00 bits per heavy atom. The zero-order valence-electron chi connectivity index (χ0n) is 19.1. The summed E-state index contributed by atoms with van der Waals surface area (Å²) in [5.74, 6) is 0.107. The number of carbonyl (C=O) groups excluding carboxylic acids is 2. The molecular formula is C22H31N3O7. The molecule has 10 heteroatoms. The summed E-state index contributed by atoms with van der Waals surface area (Å²) < 4.78 is 15.7. The lowest BCUT2D eigenvalue weighted by Gasteiger charge is -2.37. The lowest BCUT2D eigenvalue weighted by molar-refractivity contribution is -0.386. The second-order valence-corrected chi connectivity index (χ2v) is 8.40. The SMILES string of the molecule is COc1cc(C(=O)N2CCC(C(=O)N3CCCC(C)C3)CC2)c([N+](=O)[O-])c(OC)c1OC. The van der Waals surface area contributed by atoms with Crippen LogP contribution in [0.4, 0.5) is 5.69 Å². The highest BCUT2D eigenvalue weighted by Crippen LogP contribution is 2.46. The van der Waals surface area contributed by atoms with Crippen molar-refractivity contribution in [1.29, 1.82) is 0 Å². The summed E-state index contributed by atoms with van der Waals surface area (Å²) in [6, 6.07) is 1.31. The average molecular weight is 450 g/mol. The summed E-state index contributed by atoms with van der Waals surface area (Å²) in [6.45, 7) is 4.44. The maximum absolute atomic E-state index is 13.3. The molecular weight excluding hydrogens is 418 g/mol. The third-order valence-corrected chi connectivity index (χ3v) is 6.32. The van der Waals surface area contributed by atoms with Crippen LogP contribution in [0.1, 0.15) is 43.0 Å². The second kappa shape index (κ2) is 10.1. The van der Waals surface area contributed by atoms with Gasteiger partial charge in [0, 0.05) is 38.2 Å². The Morgan fingerprint density at radius 3 is 2.19 bits per heavy atom. The number of ether oxygens (including phenoxy) is 3. The van der Waals surface area contributed by atoms with Crippen LogP contribution in [0.5, 0.6) is 17.2 Å². The fourth-order valence-electron chi connectivity index (χ4n) is 4.63. The number of piperidine rings is 2. The largest absolute Gasteiger partial charge is 0.493 e. The number of likely N-dealkylation sites (tertiary alicyclic amines) is 2. The molecule has 1 aromatic carbocycles. The summed E-state index contributed by atoms with van der Waals surface area (Å²) in [6.07, 6.45) is 3.24. The molecule has 0 aromatic heterocycles. The number of rotatable bonds is 6. The maximum atomic E-state index is 13.3. The molecule has 10 nitrogen and oxygen atoms in total. The van der Waals surface area contributed by atoms with E-state index in [0.717, 1.165) is 25.9 Å². The van der Waals surface area contributed by atoms with Gasteiger partial charge in [0.2, 0.25) is 17.4 Å². The average Bonchev–Trinajstić information content (AvgIpc) is 2.81. The summed E-state index contributed by atoms with van der Waals surface area (Å²) >= 11 is 0. The van der Waals surface area contributed by atoms with Gasteiger partial charge in [0.05, 0.1) is 26.3 Å². The van der Waals surface area contributed by atoms with Crippen LogP contribution in [-0.2, 0) is 4.79 Å². The molecule has 0 aliphatic carbocycles. The van der Waals surface area contributed by atoms with Crippen molar-refractivity contribution in [2.75, 3.05) is 47.5 Å². The first-order chi connectivity index (χ1) is 15.3. The van der Waals surface area contributed by atoms with E-state index in [1.54, 1.807) is 4.90 Å². The Bertz CT molecular complexity index is 881. The number of benzene rings is 1. The molecule has 2 amide bonds. The minimum absolute atomic E-state index is 0.0540. The van der Waals surface area contributed by atoms with Crippen LogP contribution in [0, 0.1) is 22.0 Å². The molecule has 3 rings (SSSR count). The number of hydrogen-bond acceptors (Lipinski definition) is 7. The van der Waals surface area contributed by atoms with E-state index < -0.39 is 16.5 Å². The Kier molecular flexibility index (Phi) is 7.42. The molecule has 2 heterocycles. The minimum Gasteiger partial charge on any atom is -0.493 e. The van der Waals surface area contributed by atoms with Gasteiger partial charge in [0.25, 0.3) is 5.91 Å². The van der Waals surface area contributed by atoms with Gasteiger partial charge in [-0.3, -0.25) is 19.7 Å². The standard InChI is InChI=1S/C22H31N3O7/c1-14-6-5-9-24(13-14)21(26)15-7-10-23(11-8-15)22(27)16-12-17(30-2)19(31-3)20(32-4)18(16)25(28)29/h12,14-15H,5-11,13H2,1-4H3. The van der Waals surface area contributed by atoms with Crippen molar-refractivity contribution < 1.29 is 28.7 Å². The van der Waals surface area contributed by atoms with Crippen molar-refractivity contribution in [2.24, 2.45) is 11.8 Å². The van der Waals surface area contributed by atoms with Crippen LogP contribution in [0.2, 0.25) is 0 Å². The molecule has 2 saturated heterocycles. The smallest absolute Gasteiger partial charge is 0.327 e. The van der Waals surface area contributed by atoms with Crippen LogP contribution < -0.4 is 14.2 Å². The lowest BCUT2D eigenvalue weighted by Crippen LogP contribution is -2.47. The van der Waals surface area contributed by atoms with Crippen LogP contribution in [0.25, 0.3) is 0 Å². The Balaban J connectivity index is 1.79. The van der Waals surface area contributed by atoms with E-state index in [4.69, 9.17) is 14.2 Å².